The number of aryl methyl sites for hydroxylation is 1. The first kappa shape index (κ1) is 13.8. The lowest BCUT2D eigenvalue weighted by Gasteiger charge is -2.05. The third-order valence-electron chi connectivity index (χ3n) is 2.94. The molecule has 1 aromatic heterocycles. The van der Waals surface area contributed by atoms with Crippen LogP contribution >= 0.6 is 0 Å². The molecule has 3 heteroatoms. The second kappa shape index (κ2) is 7.15. The zero-order chi connectivity index (χ0) is 12.7. The topological polar surface area (TPSA) is 39.4 Å². The summed E-state index contributed by atoms with van der Waals surface area (Å²) >= 11 is 0. The number of unbranched alkanes of at least 4 members (excludes halogenated alkanes) is 4. The Hall–Kier alpha value is -1.25. The molecule has 1 heterocycles. The molecule has 0 N–H and O–H groups in total. The quantitative estimate of drug-likeness (QED) is 0.683. The van der Waals surface area contributed by atoms with Crippen LogP contribution in [-0.2, 0) is 6.42 Å². The van der Waals surface area contributed by atoms with Gasteiger partial charge in [0.25, 0.3) is 0 Å². The van der Waals surface area contributed by atoms with Crippen molar-refractivity contribution in [3.8, 4) is 5.75 Å². The minimum Gasteiger partial charge on any atom is -0.496 e. The number of rotatable bonds is 7. The highest BCUT2D eigenvalue weighted by molar-refractivity contribution is 5.30. The summed E-state index contributed by atoms with van der Waals surface area (Å²) in [4.78, 5) is 11.5. The van der Waals surface area contributed by atoms with Crippen LogP contribution in [0.4, 0.5) is 0 Å². The van der Waals surface area contributed by atoms with Gasteiger partial charge in [-0.25, -0.2) is 4.79 Å². The third-order valence-corrected chi connectivity index (χ3v) is 2.94. The molecule has 0 aliphatic carbocycles. The third kappa shape index (κ3) is 4.25. The van der Waals surface area contributed by atoms with Crippen molar-refractivity contribution in [3.63, 3.8) is 0 Å². The van der Waals surface area contributed by atoms with E-state index in [1.54, 1.807) is 14.0 Å². The molecule has 0 saturated carbocycles. The summed E-state index contributed by atoms with van der Waals surface area (Å²) in [5.41, 5.74) is 0.259. The summed E-state index contributed by atoms with van der Waals surface area (Å²) in [6, 6.07) is 1.83. The van der Waals surface area contributed by atoms with Gasteiger partial charge in [0.1, 0.15) is 11.5 Å². The lowest BCUT2D eigenvalue weighted by molar-refractivity contribution is 0.384. The molecule has 1 rings (SSSR count). The summed E-state index contributed by atoms with van der Waals surface area (Å²) in [6.07, 6.45) is 6.84. The monoisotopic (exact) mass is 238 g/mol. The van der Waals surface area contributed by atoms with E-state index in [0.717, 1.165) is 18.6 Å². The maximum Gasteiger partial charge on any atom is 0.342 e. The molecule has 0 radical (unpaired) electrons. The number of ether oxygens (including phenoxy) is 1. The van der Waals surface area contributed by atoms with Gasteiger partial charge in [0.15, 0.2) is 0 Å². The lowest BCUT2D eigenvalue weighted by atomic mass is 10.1. The van der Waals surface area contributed by atoms with Crippen LogP contribution in [-0.4, -0.2) is 7.11 Å². The van der Waals surface area contributed by atoms with Gasteiger partial charge in [-0.3, -0.25) is 0 Å². The smallest absolute Gasteiger partial charge is 0.342 e. The Bertz CT molecular complexity index is 393. The van der Waals surface area contributed by atoms with E-state index in [1.807, 2.05) is 6.07 Å². The van der Waals surface area contributed by atoms with E-state index in [1.165, 1.54) is 25.7 Å². The van der Waals surface area contributed by atoms with Crippen LogP contribution in [0, 0.1) is 6.92 Å². The van der Waals surface area contributed by atoms with Gasteiger partial charge in [0.2, 0.25) is 0 Å². The van der Waals surface area contributed by atoms with Gasteiger partial charge in [-0.1, -0.05) is 32.6 Å². The highest BCUT2D eigenvalue weighted by Crippen LogP contribution is 2.17. The van der Waals surface area contributed by atoms with Gasteiger partial charge in [-0.15, -0.1) is 0 Å². The molecule has 0 saturated heterocycles. The average Bonchev–Trinajstić information content (AvgIpc) is 2.33. The summed E-state index contributed by atoms with van der Waals surface area (Å²) in [6.45, 7) is 3.92. The van der Waals surface area contributed by atoms with E-state index in [2.05, 4.69) is 6.92 Å². The van der Waals surface area contributed by atoms with Crippen molar-refractivity contribution in [1.29, 1.82) is 0 Å². The van der Waals surface area contributed by atoms with Gasteiger partial charge in [0.05, 0.1) is 12.7 Å². The van der Waals surface area contributed by atoms with E-state index in [0.29, 0.717) is 11.3 Å². The standard InChI is InChI=1S/C14H22O3/c1-4-5-6-7-8-9-12-10-13(16-3)11(2)14(15)17-12/h10H,4-9H2,1-3H3. The summed E-state index contributed by atoms with van der Waals surface area (Å²) in [7, 11) is 1.58. The molecule has 0 spiro atoms. The molecule has 17 heavy (non-hydrogen) atoms. The zero-order valence-electron chi connectivity index (χ0n) is 11.0. The number of hydrogen-bond donors (Lipinski definition) is 0. The Morgan fingerprint density at radius 1 is 1.24 bits per heavy atom. The van der Waals surface area contributed by atoms with Crippen LogP contribution in [0.15, 0.2) is 15.3 Å². The predicted octanol–water partition coefficient (Wildman–Crippen LogP) is 3.47. The molecular weight excluding hydrogens is 216 g/mol. The summed E-state index contributed by atoms with van der Waals surface area (Å²) < 4.78 is 10.4. The van der Waals surface area contributed by atoms with Crippen molar-refractivity contribution in [1.82, 2.24) is 0 Å². The van der Waals surface area contributed by atoms with Crippen molar-refractivity contribution in [3.05, 3.63) is 27.8 Å². The minimum atomic E-state index is -0.284. The van der Waals surface area contributed by atoms with Gasteiger partial charge >= 0.3 is 5.63 Å². The van der Waals surface area contributed by atoms with Crippen molar-refractivity contribution >= 4 is 0 Å². The van der Waals surface area contributed by atoms with Gasteiger partial charge in [0, 0.05) is 12.5 Å². The molecule has 0 amide bonds. The largest absolute Gasteiger partial charge is 0.496 e. The molecule has 1 aromatic rings. The number of methoxy groups -OCH3 is 1. The van der Waals surface area contributed by atoms with E-state index in [9.17, 15) is 4.79 Å². The summed E-state index contributed by atoms with van der Waals surface area (Å²) in [5.74, 6) is 1.36. The Kier molecular flexibility index (Phi) is 5.81. The Labute approximate surface area is 103 Å². The van der Waals surface area contributed by atoms with E-state index < -0.39 is 0 Å². The zero-order valence-corrected chi connectivity index (χ0v) is 11.0. The van der Waals surface area contributed by atoms with Crippen LogP contribution in [0.1, 0.15) is 50.4 Å². The Morgan fingerprint density at radius 2 is 1.94 bits per heavy atom. The molecule has 0 fully saturated rings. The molecule has 0 aromatic carbocycles. The van der Waals surface area contributed by atoms with Crippen LogP contribution in [0.5, 0.6) is 5.75 Å². The average molecular weight is 238 g/mol. The first-order valence-electron chi connectivity index (χ1n) is 6.36. The van der Waals surface area contributed by atoms with Gasteiger partial charge < -0.3 is 9.15 Å². The molecule has 0 aliphatic heterocycles. The second-order valence-electron chi connectivity index (χ2n) is 4.36. The molecule has 0 atom stereocenters. The van der Waals surface area contributed by atoms with E-state index in [-0.39, 0.29) is 5.63 Å². The molecule has 0 bridgehead atoms. The fraction of sp³-hybridized carbons (Fsp3) is 0.643. The highest BCUT2D eigenvalue weighted by Gasteiger charge is 2.07. The molecule has 0 unspecified atom stereocenters. The molecule has 3 nitrogen and oxygen atoms in total. The second-order valence-corrected chi connectivity index (χ2v) is 4.36. The fourth-order valence-electron chi connectivity index (χ4n) is 1.82. The SMILES string of the molecule is CCCCCCCc1cc(OC)c(C)c(=O)o1. The maximum absolute atomic E-state index is 11.5. The van der Waals surface area contributed by atoms with Gasteiger partial charge in [-0.05, 0) is 13.3 Å². The molecule has 0 aliphatic rings. The minimum absolute atomic E-state index is 0.284. The summed E-state index contributed by atoms with van der Waals surface area (Å²) in [5, 5.41) is 0. The normalized spacial score (nSPS) is 10.5. The lowest BCUT2D eigenvalue weighted by Crippen LogP contribution is -2.07. The fourth-order valence-corrected chi connectivity index (χ4v) is 1.82. The van der Waals surface area contributed by atoms with Crippen molar-refractivity contribution in [2.24, 2.45) is 0 Å². The van der Waals surface area contributed by atoms with Crippen molar-refractivity contribution < 1.29 is 9.15 Å². The van der Waals surface area contributed by atoms with Crippen LogP contribution in [0.2, 0.25) is 0 Å². The van der Waals surface area contributed by atoms with E-state index >= 15 is 0 Å². The Morgan fingerprint density at radius 3 is 2.59 bits per heavy atom. The van der Waals surface area contributed by atoms with Crippen LogP contribution in [0.3, 0.4) is 0 Å². The Balaban J connectivity index is 2.54. The highest BCUT2D eigenvalue weighted by atomic mass is 16.5. The van der Waals surface area contributed by atoms with Gasteiger partial charge in [-0.2, -0.15) is 0 Å². The van der Waals surface area contributed by atoms with Crippen molar-refractivity contribution in [2.45, 2.75) is 52.4 Å². The molecular formula is C14H22O3. The van der Waals surface area contributed by atoms with E-state index in [4.69, 9.17) is 9.15 Å². The first-order valence-corrected chi connectivity index (χ1v) is 6.36. The van der Waals surface area contributed by atoms with Crippen LogP contribution < -0.4 is 10.4 Å². The molecule has 96 valence electrons. The number of hydrogen-bond acceptors (Lipinski definition) is 3. The predicted molar refractivity (Wildman–Crippen MR) is 68.7 cm³/mol. The first-order chi connectivity index (χ1) is 8.19. The van der Waals surface area contributed by atoms with Crippen LogP contribution in [0.25, 0.3) is 0 Å². The van der Waals surface area contributed by atoms with Crippen molar-refractivity contribution in [2.75, 3.05) is 7.11 Å². The maximum atomic E-state index is 11.5.